The van der Waals surface area contributed by atoms with Crippen LogP contribution < -0.4 is 5.73 Å². The molecule has 0 spiro atoms. The molecule has 3 nitrogen and oxygen atoms in total. The van der Waals surface area contributed by atoms with E-state index in [4.69, 9.17) is 5.73 Å². The van der Waals surface area contributed by atoms with Crippen LogP contribution in [0.25, 0.3) is 0 Å². The molecule has 2 atom stereocenters. The Morgan fingerprint density at radius 2 is 2.10 bits per heavy atom. The molecule has 3 N–H and O–H groups in total. The first kappa shape index (κ1) is 15.3. The van der Waals surface area contributed by atoms with Crippen molar-refractivity contribution in [1.82, 2.24) is 4.90 Å². The van der Waals surface area contributed by atoms with Crippen LogP contribution in [-0.2, 0) is 6.54 Å². The lowest BCUT2D eigenvalue weighted by Gasteiger charge is -2.39. The van der Waals surface area contributed by atoms with Gasteiger partial charge in [-0.05, 0) is 50.0 Å². The maximum atomic E-state index is 13.3. The molecule has 0 bridgehead atoms. The maximum Gasteiger partial charge on any atom is 0.123 e. The Bertz CT molecular complexity index is 438. The Morgan fingerprint density at radius 1 is 1.35 bits per heavy atom. The molecule has 112 valence electrons. The number of phenols is 1. The Hall–Kier alpha value is -1.13. The number of aromatic hydroxyl groups is 1. The second-order valence-corrected chi connectivity index (χ2v) is 5.68. The second kappa shape index (κ2) is 7.04. The van der Waals surface area contributed by atoms with E-state index < -0.39 is 0 Å². The highest BCUT2D eigenvalue weighted by molar-refractivity contribution is 5.32. The van der Waals surface area contributed by atoms with Crippen LogP contribution in [0.4, 0.5) is 4.39 Å². The summed E-state index contributed by atoms with van der Waals surface area (Å²) in [6, 6.07) is 4.60. The number of hydrogen-bond acceptors (Lipinski definition) is 3. The fraction of sp³-hybridized carbons (Fsp3) is 0.625. The van der Waals surface area contributed by atoms with Crippen molar-refractivity contribution in [2.75, 3.05) is 13.1 Å². The molecule has 0 amide bonds. The lowest BCUT2D eigenvalue weighted by molar-refractivity contribution is 0.104. The van der Waals surface area contributed by atoms with E-state index in [2.05, 4.69) is 11.8 Å². The van der Waals surface area contributed by atoms with Gasteiger partial charge in [0.1, 0.15) is 11.6 Å². The average Bonchev–Trinajstić information content (AvgIpc) is 2.48. The van der Waals surface area contributed by atoms with Gasteiger partial charge in [0.05, 0.1) is 0 Å². The third kappa shape index (κ3) is 3.49. The highest BCUT2D eigenvalue weighted by Crippen LogP contribution is 2.30. The molecule has 0 saturated heterocycles. The van der Waals surface area contributed by atoms with Gasteiger partial charge >= 0.3 is 0 Å². The van der Waals surface area contributed by atoms with Gasteiger partial charge < -0.3 is 10.8 Å². The van der Waals surface area contributed by atoms with Gasteiger partial charge in [-0.25, -0.2) is 4.39 Å². The van der Waals surface area contributed by atoms with Crippen molar-refractivity contribution in [1.29, 1.82) is 0 Å². The number of nitrogens with zero attached hydrogens (tertiary/aromatic N) is 1. The monoisotopic (exact) mass is 280 g/mol. The van der Waals surface area contributed by atoms with E-state index in [-0.39, 0.29) is 11.6 Å². The molecule has 0 radical (unpaired) electrons. The van der Waals surface area contributed by atoms with Gasteiger partial charge in [0.2, 0.25) is 0 Å². The minimum Gasteiger partial charge on any atom is -0.508 e. The summed E-state index contributed by atoms with van der Waals surface area (Å²) in [7, 11) is 0. The molecule has 1 aromatic carbocycles. The molecule has 0 aromatic heterocycles. The quantitative estimate of drug-likeness (QED) is 0.872. The minimum atomic E-state index is -0.298. The molecule has 2 unspecified atom stereocenters. The average molecular weight is 280 g/mol. The van der Waals surface area contributed by atoms with Crippen LogP contribution >= 0.6 is 0 Å². The summed E-state index contributed by atoms with van der Waals surface area (Å²) in [5.74, 6) is 0.386. The van der Waals surface area contributed by atoms with Crippen LogP contribution in [0.15, 0.2) is 18.2 Å². The zero-order valence-corrected chi connectivity index (χ0v) is 12.2. The lowest BCUT2D eigenvalue weighted by Crippen LogP contribution is -2.44. The van der Waals surface area contributed by atoms with Gasteiger partial charge in [-0.2, -0.15) is 0 Å². The predicted molar refractivity (Wildman–Crippen MR) is 78.9 cm³/mol. The standard InChI is InChI=1S/C16H25FN2O/c1-2-19(15-6-4-3-5-12(15)10-18)11-13-9-14(17)7-8-16(13)20/h7-9,12,15,20H,2-6,10-11,18H2,1H3. The maximum absolute atomic E-state index is 13.3. The number of benzene rings is 1. The van der Waals surface area contributed by atoms with Crippen LogP contribution in [0.1, 0.15) is 38.2 Å². The van der Waals surface area contributed by atoms with Gasteiger partial charge in [-0.1, -0.05) is 19.8 Å². The Balaban J connectivity index is 2.13. The van der Waals surface area contributed by atoms with Crippen molar-refractivity contribution in [2.24, 2.45) is 11.7 Å². The third-order valence-electron chi connectivity index (χ3n) is 4.46. The normalized spacial score (nSPS) is 23.2. The third-order valence-corrected chi connectivity index (χ3v) is 4.46. The first-order valence-electron chi connectivity index (χ1n) is 7.57. The molecule has 0 aliphatic heterocycles. The van der Waals surface area contributed by atoms with Gasteiger partial charge in [-0.15, -0.1) is 0 Å². The van der Waals surface area contributed by atoms with Gasteiger partial charge in [0.15, 0.2) is 0 Å². The van der Waals surface area contributed by atoms with Crippen LogP contribution in [0.3, 0.4) is 0 Å². The Morgan fingerprint density at radius 3 is 2.80 bits per heavy atom. The van der Waals surface area contributed by atoms with Crippen molar-refractivity contribution in [3.8, 4) is 5.75 Å². The Labute approximate surface area is 120 Å². The molecule has 1 aromatic rings. The summed E-state index contributed by atoms with van der Waals surface area (Å²) < 4.78 is 13.3. The van der Waals surface area contributed by atoms with Crippen LogP contribution in [0.5, 0.6) is 5.75 Å². The number of phenolic OH excluding ortho intramolecular Hbond substituents is 1. The summed E-state index contributed by atoms with van der Waals surface area (Å²) in [6.45, 7) is 4.28. The number of hydrogen-bond donors (Lipinski definition) is 2. The SMILES string of the molecule is CCN(Cc1cc(F)ccc1O)C1CCCCC1CN. The van der Waals surface area contributed by atoms with Crippen LogP contribution in [0, 0.1) is 11.7 Å². The highest BCUT2D eigenvalue weighted by atomic mass is 19.1. The topological polar surface area (TPSA) is 49.5 Å². The lowest BCUT2D eigenvalue weighted by atomic mass is 9.83. The van der Waals surface area contributed by atoms with Crippen LogP contribution in [-0.4, -0.2) is 29.1 Å². The van der Waals surface area contributed by atoms with E-state index in [9.17, 15) is 9.50 Å². The van der Waals surface area contributed by atoms with Gasteiger partial charge in [0, 0.05) is 18.2 Å². The smallest absolute Gasteiger partial charge is 0.123 e. The summed E-state index contributed by atoms with van der Waals surface area (Å²) in [5, 5.41) is 9.88. The summed E-state index contributed by atoms with van der Waals surface area (Å²) in [4.78, 5) is 2.32. The molecule has 1 aliphatic carbocycles. The van der Waals surface area contributed by atoms with Crippen molar-refractivity contribution >= 4 is 0 Å². The van der Waals surface area contributed by atoms with E-state index in [1.165, 1.54) is 37.5 Å². The fourth-order valence-electron chi connectivity index (χ4n) is 3.31. The highest BCUT2D eigenvalue weighted by Gasteiger charge is 2.28. The number of nitrogens with two attached hydrogens (primary N) is 1. The molecule has 0 heterocycles. The zero-order chi connectivity index (χ0) is 14.5. The molecule has 1 fully saturated rings. The molecule has 1 saturated carbocycles. The first-order chi connectivity index (χ1) is 9.65. The van der Waals surface area contributed by atoms with Crippen molar-refractivity contribution in [2.45, 2.75) is 45.2 Å². The molecule has 4 heteroatoms. The number of halogens is 1. The molecule has 1 aliphatic rings. The fourth-order valence-corrected chi connectivity index (χ4v) is 3.31. The van der Waals surface area contributed by atoms with Crippen molar-refractivity contribution in [3.05, 3.63) is 29.6 Å². The molecule has 2 rings (SSSR count). The molecule has 20 heavy (non-hydrogen) atoms. The van der Waals surface area contributed by atoms with E-state index >= 15 is 0 Å². The summed E-state index contributed by atoms with van der Waals surface area (Å²) in [6.07, 6.45) is 4.80. The summed E-state index contributed by atoms with van der Waals surface area (Å²) in [5.41, 5.74) is 6.56. The summed E-state index contributed by atoms with van der Waals surface area (Å²) >= 11 is 0. The van der Waals surface area contributed by atoms with Crippen LogP contribution in [0.2, 0.25) is 0 Å². The van der Waals surface area contributed by atoms with Gasteiger partial charge in [0.25, 0.3) is 0 Å². The largest absolute Gasteiger partial charge is 0.508 e. The predicted octanol–water partition coefficient (Wildman–Crippen LogP) is 2.87. The minimum absolute atomic E-state index is 0.171. The zero-order valence-electron chi connectivity index (χ0n) is 12.2. The van der Waals surface area contributed by atoms with E-state index in [0.717, 1.165) is 13.0 Å². The van der Waals surface area contributed by atoms with Crippen molar-refractivity contribution in [3.63, 3.8) is 0 Å². The molecular weight excluding hydrogens is 255 g/mol. The second-order valence-electron chi connectivity index (χ2n) is 5.68. The van der Waals surface area contributed by atoms with E-state index in [1.807, 2.05) is 0 Å². The van der Waals surface area contributed by atoms with E-state index in [0.29, 0.717) is 30.6 Å². The van der Waals surface area contributed by atoms with Gasteiger partial charge in [-0.3, -0.25) is 4.90 Å². The number of rotatable bonds is 5. The molecular formula is C16H25FN2O. The van der Waals surface area contributed by atoms with E-state index in [1.54, 1.807) is 0 Å². The first-order valence-corrected chi connectivity index (χ1v) is 7.57. The Kier molecular flexibility index (Phi) is 5.38. The van der Waals surface area contributed by atoms with Crippen molar-refractivity contribution < 1.29 is 9.50 Å².